The molecule has 1 fully saturated rings. The molecule has 0 aromatic rings. The van der Waals surface area contributed by atoms with Crippen LogP contribution in [0.1, 0.15) is 73.1 Å². The number of aliphatic hydroxyl groups excluding tert-OH is 1. The first kappa shape index (κ1) is 20.2. The van der Waals surface area contributed by atoms with Crippen LogP contribution in [0.3, 0.4) is 0 Å². The van der Waals surface area contributed by atoms with Crippen molar-refractivity contribution in [1.29, 1.82) is 0 Å². The summed E-state index contributed by atoms with van der Waals surface area (Å²) in [6, 6.07) is 0.608. The molecule has 1 saturated heterocycles. The lowest BCUT2D eigenvalue weighted by Gasteiger charge is -2.34. The van der Waals surface area contributed by atoms with Crippen molar-refractivity contribution in [2.24, 2.45) is 0 Å². The van der Waals surface area contributed by atoms with E-state index in [1.165, 1.54) is 6.42 Å². The summed E-state index contributed by atoms with van der Waals surface area (Å²) >= 11 is 0. The largest absolute Gasteiger partial charge is 0.444 e. The number of amides is 1. The minimum absolute atomic E-state index is 0.130. The zero-order chi connectivity index (χ0) is 17.5. The fourth-order valence-corrected chi connectivity index (χ4v) is 3.16. The SMILES string of the molecule is CCC(CO)NC(C)CC1CCCCCN1C(=O)OC(C)(C)C. The summed E-state index contributed by atoms with van der Waals surface area (Å²) in [5.74, 6) is 0. The zero-order valence-electron chi connectivity index (χ0n) is 15.6. The third-order valence-corrected chi connectivity index (χ3v) is 4.36. The predicted molar refractivity (Wildman–Crippen MR) is 93.6 cm³/mol. The molecule has 1 aliphatic rings. The van der Waals surface area contributed by atoms with Gasteiger partial charge in [0.05, 0.1) is 6.61 Å². The smallest absolute Gasteiger partial charge is 0.410 e. The second-order valence-corrected chi connectivity index (χ2v) is 7.77. The van der Waals surface area contributed by atoms with Crippen LogP contribution in [0, 0.1) is 0 Å². The van der Waals surface area contributed by atoms with Crippen LogP contribution in [-0.4, -0.2) is 53.0 Å². The van der Waals surface area contributed by atoms with Gasteiger partial charge < -0.3 is 20.1 Å². The van der Waals surface area contributed by atoms with E-state index in [0.29, 0.717) is 0 Å². The van der Waals surface area contributed by atoms with Crippen LogP contribution in [0.25, 0.3) is 0 Å². The van der Waals surface area contributed by atoms with Crippen LogP contribution in [0.2, 0.25) is 0 Å². The average Bonchev–Trinajstić information content (AvgIpc) is 2.68. The Hall–Kier alpha value is -0.810. The van der Waals surface area contributed by atoms with E-state index in [1.807, 2.05) is 25.7 Å². The molecule has 0 aromatic carbocycles. The second-order valence-electron chi connectivity index (χ2n) is 7.77. The molecule has 23 heavy (non-hydrogen) atoms. The van der Waals surface area contributed by atoms with E-state index in [-0.39, 0.29) is 30.8 Å². The van der Waals surface area contributed by atoms with E-state index in [4.69, 9.17) is 4.74 Å². The normalized spacial score (nSPS) is 22.3. The summed E-state index contributed by atoms with van der Waals surface area (Å²) in [7, 11) is 0. The molecule has 1 heterocycles. The van der Waals surface area contributed by atoms with Gasteiger partial charge in [0.2, 0.25) is 0 Å². The number of likely N-dealkylation sites (tertiary alicyclic amines) is 1. The van der Waals surface area contributed by atoms with Crippen molar-refractivity contribution in [3.05, 3.63) is 0 Å². The Bertz CT molecular complexity index is 351. The lowest BCUT2D eigenvalue weighted by molar-refractivity contribution is 0.0148. The second kappa shape index (κ2) is 9.48. The fourth-order valence-electron chi connectivity index (χ4n) is 3.16. The summed E-state index contributed by atoms with van der Waals surface area (Å²) in [6.45, 7) is 10.9. The molecule has 1 aliphatic heterocycles. The van der Waals surface area contributed by atoms with E-state index >= 15 is 0 Å². The molecular formula is C18H36N2O3. The summed E-state index contributed by atoms with van der Waals surface area (Å²) in [5.41, 5.74) is -0.456. The fraction of sp³-hybridized carbons (Fsp3) is 0.944. The van der Waals surface area contributed by atoms with Crippen molar-refractivity contribution in [2.45, 2.75) is 96.9 Å². The van der Waals surface area contributed by atoms with E-state index in [9.17, 15) is 9.90 Å². The van der Waals surface area contributed by atoms with Crippen molar-refractivity contribution in [1.82, 2.24) is 10.2 Å². The van der Waals surface area contributed by atoms with Gasteiger partial charge in [0.15, 0.2) is 0 Å². The maximum absolute atomic E-state index is 12.5. The molecule has 0 spiro atoms. The molecule has 3 atom stereocenters. The standard InChI is InChI=1S/C18H36N2O3/c1-6-15(13-21)19-14(2)12-16-10-8-7-9-11-20(16)17(22)23-18(3,4)5/h14-16,19,21H,6-13H2,1-5H3. The minimum Gasteiger partial charge on any atom is -0.444 e. The van der Waals surface area contributed by atoms with Gasteiger partial charge in [-0.1, -0.05) is 19.8 Å². The number of nitrogens with zero attached hydrogens (tertiary/aromatic N) is 1. The highest BCUT2D eigenvalue weighted by atomic mass is 16.6. The monoisotopic (exact) mass is 328 g/mol. The Kier molecular flexibility index (Phi) is 8.34. The van der Waals surface area contributed by atoms with Crippen LogP contribution in [0.5, 0.6) is 0 Å². The number of hydrogen-bond acceptors (Lipinski definition) is 4. The number of aliphatic hydroxyl groups is 1. The Morgan fingerprint density at radius 2 is 2.04 bits per heavy atom. The van der Waals surface area contributed by atoms with Crippen molar-refractivity contribution in [2.75, 3.05) is 13.2 Å². The van der Waals surface area contributed by atoms with Gasteiger partial charge in [-0.25, -0.2) is 4.79 Å². The first-order chi connectivity index (χ1) is 10.8. The molecule has 0 radical (unpaired) electrons. The van der Waals surface area contributed by atoms with Gasteiger partial charge >= 0.3 is 6.09 Å². The Morgan fingerprint density at radius 1 is 1.35 bits per heavy atom. The summed E-state index contributed by atoms with van der Waals surface area (Å²) < 4.78 is 5.59. The van der Waals surface area contributed by atoms with E-state index in [2.05, 4.69) is 19.2 Å². The topological polar surface area (TPSA) is 61.8 Å². The molecule has 1 amide bonds. The number of carbonyl (C=O) groups is 1. The van der Waals surface area contributed by atoms with E-state index in [0.717, 1.165) is 38.6 Å². The van der Waals surface area contributed by atoms with Crippen molar-refractivity contribution < 1.29 is 14.6 Å². The lowest BCUT2D eigenvalue weighted by atomic mass is 10.0. The van der Waals surface area contributed by atoms with Crippen LogP contribution in [0.4, 0.5) is 4.79 Å². The van der Waals surface area contributed by atoms with Crippen molar-refractivity contribution in [3.63, 3.8) is 0 Å². The molecule has 0 saturated carbocycles. The predicted octanol–water partition coefficient (Wildman–Crippen LogP) is 3.31. The first-order valence-electron chi connectivity index (χ1n) is 9.13. The maximum Gasteiger partial charge on any atom is 0.410 e. The highest BCUT2D eigenvalue weighted by molar-refractivity contribution is 5.68. The van der Waals surface area contributed by atoms with Crippen LogP contribution in [0.15, 0.2) is 0 Å². The van der Waals surface area contributed by atoms with Crippen molar-refractivity contribution >= 4 is 6.09 Å². The molecule has 3 unspecified atom stereocenters. The van der Waals surface area contributed by atoms with Gasteiger partial charge in [-0.05, 0) is 53.4 Å². The molecule has 5 heteroatoms. The molecule has 1 rings (SSSR count). The highest BCUT2D eigenvalue weighted by Crippen LogP contribution is 2.23. The Balaban J connectivity index is 2.68. The maximum atomic E-state index is 12.5. The van der Waals surface area contributed by atoms with Gasteiger partial charge in [-0.3, -0.25) is 0 Å². The molecule has 2 N–H and O–H groups in total. The quantitative estimate of drug-likeness (QED) is 0.785. The summed E-state index contributed by atoms with van der Waals surface area (Å²) in [6.07, 6.45) is 6.02. The van der Waals surface area contributed by atoms with Gasteiger partial charge in [-0.2, -0.15) is 0 Å². The molecule has 0 aromatic heterocycles. The molecule has 0 bridgehead atoms. The third-order valence-electron chi connectivity index (χ3n) is 4.36. The number of nitrogens with one attached hydrogen (secondary N) is 1. The molecule has 5 nitrogen and oxygen atoms in total. The average molecular weight is 328 g/mol. The summed E-state index contributed by atoms with van der Waals surface area (Å²) in [4.78, 5) is 14.5. The zero-order valence-corrected chi connectivity index (χ0v) is 15.6. The van der Waals surface area contributed by atoms with Crippen LogP contribution >= 0.6 is 0 Å². The summed E-state index contributed by atoms with van der Waals surface area (Å²) in [5, 5.41) is 12.8. The highest BCUT2D eigenvalue weighted by Gasteiger charge is 2.30. The van der Waals surface area contributed by atoms with Crippen LogP contribution in [-0.2, 0) is 4.74 Å². The molecule has 0 aliphatic carbocycles. The van der Waals surface area contributed by atoms with Gasteiger partial charge in [0.25, 0.3) is 0 Å². The number of ether oxygens (including phenoxy) is 1. The molecule has 136 valence electrons. The van der Waals surface area contributed by atoms with E-state index < -0.39 is 5.60 Å². The molecular weight excluding hydrogens is 292 g/mol. The minimum atomic E-state index is -0.456. The number of hydrogen-bond donors (Lipinski definition) is 2. The first-order valence-corrected chi connectivity index (χ1v) is 9.13. The third kappa shape index (κ3) is 7.53. The van der Waals surface area contributed by atoms with Gasteiger partial charge in [-0.15, -0.1) is 0 Å². The van der Waals surface area contributed by atoms with Crippen LogP contribution < -0.4 is 5.32 Å². The van der Waals surface area contributed by atoms with E-state index in [1.54, 1.807) is 0 Å². The number of carbonyl (C=O) groups excluding carboxylic acids is 1. The van der Waals surface area contributed by atoms with Gasteiger partial charge in [0, 0.05) is 24.7 Å². The van der Waals surface area contributed by atoms with Gasteiger partial charge in [0.1, 0.15) is 5.60 Å². The Morgan fingerprint density at radius 3 is 2.61 bits per heavy atom. The lowest BCUT2D eigenvalue weighted by Crippen LogP contribution is -2.47. The van der Waals surface area contributed by atoms with Crippen molar-refractivity contribution in [3.8, 4) is 0 Å². The Labute approximate surface area is 141 Å². The number of rotatable bonds is 6.